The van der Waals surface area contributed by atoms with Crippen molar-refractivity contribution in [2.24, 2.45) is 0 Å². The van der Waals surface area contributed by atoms with E-state index in [-0.39, 0.29) is 0 Å². The molecule has 2 aromatic rings. The predicted molar refractivity (Wildman–Crippen MR) is 77.9 cm³/mol. The van der Waals surface area contributed by atoms with E-state index in [1.165, 1.54) is 19.3 Å². The summed E-state index contributed by atoms with van der Waals surface area (Å²) in [5.41, 5.74) is 10.0. The van der Waals surface area contributed by atoms with Crippen molar-refractivity contribution in [1.82, 2.24) is 10.2 Å². The highest BCUT2D eigenvalue weighted by Crippen LogP contribution is 2.30. The molecule has 4 nitrogen and oxygen atoms in total. The Balaban J connectivity index is 1.89. The molecule has 2 heterocycles. The van der Waals surface area contributed by atoms with E-state index in [4.69, 9.17) is 5.73 Å². The molecule has 0 unspecified atom stereocenters. The third kappa shape index (κ3) is 2.52. The number of hydrogen-bond acceptors (Lipinski definition) is 4. The van der Waals surface area contributed by atoms with Crippen LogP contribution >= 0.6 is 0 Å². The summed E-state index contributed by atoms with van der Waals surface area (Å²) < 4.78 is 0. The van der Waals surface area contributed by atoms with Crippen LogP contribution in [0.25, 0.3) is 11.3 Å². The molecule has 0 bridgehead atoms. The summed E-state index contributed by atoms with van der Waals surface area (Å²) in [6, 6.07) is 10.0. The molecule has 98 valence electrons. The SMILES string of the molecule is Nc1cc(-c2cccnn2)ccc1N1CCCCC1. The Labute approximate surface area is 113 Å². The number of rotatable bonds is 2. The maximum atomic E-state index is 6.20. The van der Waals surface area contributed by atoms with Gasteiger partial charge in [0.15, 0.2) is 0 Å². The van der Waals surface area contributed by atoms with Crippen LogP contribution in [0.3, 0.4) is 0 Å². The Hall–Kier alpha value is -2.10. The fourth-order valence-electron chi connectivity index (χ4n) is 2.59. The Kier molecular flexibility index (Phi) is 3.31. The Bertz CT molecular complexity index is 547. The molecule has 1 aromatic carbocycles. The first-order valence-electron chi connectivity index (χ1n) is 6.77. The van der Waals surface area contributed by atoms with Crippen LogP contribution in [0.1, 0.15) is 19.3 Å². The molecule has 1 aliphatic rings. The van der Waals surface area contributed by atoms with Gasteiger partial charge in [-0.25, -0.2) is 0 Å². The molecule has 0 saturated carbocycles. The molecule has 19 heavy (non-hydrogen) atoms. The number of nitrogens with two attached hydrogens (primary N) is 1. The van der Waals surface area contributed by atoms with Crippen molar-refractivity contribution < 1.29 is 0 Å². The van der Waals surface area contributed by atoms with Crippen LogP contribution in [0.5, 0.6) is 0 Å². The zero-order valence-corrected chi connectivity index (χ0v) is 10.9. The van der Waals surface area contributed by atoms with Gasteiger partial charge in [0, 0.05) is 24.8 Å². The second-order valence-corrected chi connectivity index (χ2v) is 4.93. The van der Waals surface area contributed by atoms with Crippen molar-refractivity contribution >= 4 is 11.4 Å². The van der Waals surface area contributed by atoms with Gasteiger partial charge in [-0.15, -0.1) is 0 Å². The minimum absolute atomic E-state index is 0.824. The van der Waals surface area contributed by atoms with Gasteiger partial charge in [0.05, 0.1) is 17.1 Å². The van der Waals surface area contributed by atoms with E-state index in [0.717, 1.165) is 35.7 Å². The molecular formula is C15H18N4. The summed E-state index contributed by atoms with van der Waals surface area (Å²) in [4.78, 5) is 2.37. The van der Waals surface area contributed by atoms with Crippen LogP contribution in [0.15, 0.2) is 36.5 Å². The summed E-state index contributed by atoms with van der Waals surface area (Å²) in [5.74, 6) is 0. The van der Waals surface area contributed by atoms with E-state index in [9.17, 15) is 0 Å². The largest absolute Gasteiger partial charge is 0.397 e. The monoisotopic (exact) mass is 254 g/mol. The van der Waals surface area contributed by atoms with Gasteiger partial charge < -0.3 is 10.6 Å². The van der Waals surface area contributed by atoms with E-state index in [1.807, 2.05) is 18.2 Å². The molecule has 1 fully saturated rings. The lowest BCUT2D eigenvalue weighted by Gasteiger charge is -2.30. The molecule has 1 aliphatic heterocycles. The molecule has 0 radical (unpaired) electrons. The number of piperidine rings is 1. The molecule has 1 aromatic heterocycles. The molecule has 3 rings (SSSR count). The summed E-state index contributed by atoms with van der Waals surface area (Å²) in [6.07, 6.45) is 5.51. The lowest BCUT2D eigenvalue weighted by Crippen LogP contribution is -2.29. The smallest absolute Gasteiger partial charge is 0.0930 e. The van der Waals surface area contributed by atoms with Gasteiger partial charge in [0.1, 0.15) is 0 Å². The maximum absolute atomic E-state index is 6.20. The van der Waals surface area contributed by atoms with E-state index in [0.29, 0.717) is 0 Å². The number of nitrogens with zero attached hydrogens (tertiary/aromatic N) is 3. The van der Waals surface area contributed by atoms with Gasteiger partial charge in [0.25, 0.3) is 0 Å². The second kappa shape index (κ2) is 5.26. The van der Waals surface area contributed by atoms with Gasteiger partial charge in [-0.1, -0.05) is 6.07 Å². The van der Waals surface area contributed by atoms with Crippen LogP contribution in [0.4, 0.5) is 11.4 Å². The average Bonchev–Trinajstić information content (AvgIpc) is 2.49. The zero-order chi connectivity index (χ0) is 13.1. The molecule has 4 heteroatoms. The van der Waals surface area contributed by atoms with Crippen LogP contribution in [-0.2, 0) is 0 Å². The first-order valence-corrected chi connectivity index (χ1v) is 6.77. The number of anilines is 2. The number of hydrogen-bond donors (Lipinski definition) is 1. The Morgan fingerprint density at radius 2 is 1.89 bits per heavy atom. The van der Waals surface area contributed by atoms with Crippen LogP contribution in [0.2, 0.25) is 0 Å². The minimum Gasteiger partial charge on any atom is -0.397 e. The van der Waals surface area contributed by atoms with E-state index in [2.05, 4.69) is 27.2 Å². The normalized spacial score (nSPS) is 15.5. The molecule has 0 atom stereocenters. The number of nitrogen functional groups attached to an aromatic ring is 1. The highest BCUT2D eigenvalue weighted by Gasteiger charge is 2.14. The van der Waals surface area contributed by atoms with Crippen molar-refractivity contribution in [2.45, 2.75) is 19.3 Å². The average molecular weight is 254 g/mol. The van der Waals surface area contributed by atoms with Crippen LogP contribution in [0, 0.1) is 0 Å². The Morgan fingerprint density at radius 1 is 1.05 bits per heavy atom. The van der Waals surface area contributed by atoms with Crippen LogP contribution < -0.4 is 10.6 Å². The Morgan fingerprint density at radius 3 is 2.58 bits per heavy atom. The topological polar surface area (TPSA) is 55.0 Å². The van der Waals surface area contributed by atoms with Crippen molar-refractivity contribution in [2.75, 3.05) is 23.7 Å². The predicted octanol–water partition coefficient (Wildman–Crippen LogP) is 2.72. The van der Waals surface area contributed by atoms with Gasteiger partial charge in [-0.05, 0) is 43.5 Å². The van der Waals surface area contributed by atoms with E-state index >= 15 is 0 Å². The first kappa shape index (κ1) is 12.0. The quantitative estimate of drug-likeness (QED) is 0.837. The lowest BCUT2D eigenvalue weighted by atomic mass is 10.1. The van der Waals surface area contributed by atoms with Crippen LogP contribution in [-0.4, -0.2) is 23.3 Å². The van der Waals surface area contributed by atoms with Crippen molar-refractivity contribution in [1.29, 1.82) is 0 Å². The van der Waals surface area contributed by atoms with Crippen molar-refractivity contribution in [3.63, 3.8) is 0 Å². The van der Waals surface area contributed by atoms with Crippen molar-refractivity contribution in [3.05, 3.63) is 36.5 Å². The third-order valence-corrected chi connectivity index (χ3v) is 3.59. The van der Waals surface area contributed by atoms with Gasteiger partial charge >= 0.3 is 0 Å². The highest BCUT2D eigenvalue weighted by atomic mass is 15.1. The summed E-state index contributed by atoms with van der Waals surface area (Å²) in [6.45, 7) is 2.21. The highest BCUT2D eigenvalue weighted by molar-refractivity contribution is 5.75. The van der Waals surface area contributed by atoms with E-state index in [1.54, 1.807) is 6.20 Å². The van der Waals surface area contributed by atoms with E-state index < -0.39 is 0 Å². The van der Waals surface area contributed by atoms with Gasteiger partial charge in [-0.2, -0.15) is 10.2 Å². The summed E-state index contributed by atoms with van der Waals surface area (Å²) >= 11 is 0. The number of aromatic nitrogens is 2. The third-order valence-electron chi connectivity index (χ3n) is 3.59. The molecule has 0 aliphatic carbocycles. The minimum atomic E-state index is 0.824. The van der Waals surface area contributed by atoms with Crippen molar-refractivity contribution in [3.8, 4) is 11.3 Å². The second-order valence-electron chi connectivity index (χ2n) is 4.93. The molecule has 0 spiro atoms. The maximum Gasteiger partial charge on any atom is 0.0930 e. The molecule has 2 N–H and O–H groups in total. The fourth-order valence-corrected chi connectivity index (χ4v) is 2.59. The molecule has 1 saturated heterocycles. The standard InChI is InChI=1S/C15H18N4/c16-13-11-12(14-5-4-8-17-18-14)6-7-15(13)19-9-2-1-3-10-19/h4-8,11H,1-3,9-10,16H2. The summed E-state index contributed by atoms with van der Waals surface area (Å²) in [5, 5.41) is 8.01. The lowest BCUT2D eigenvalue weighted by molar-refractivity contribution is 0.578. The molecule has 0 amide bonds. The zero-order valence-electron chi connectivity index (χ0n) is 10.9. The van der Waals surface area contributed by atoms with Gasteiger partial charge in [0.2, 0.25) is 0 Å². The van der Waals surface area contributed by atoms with Gasteiger partial charge in [-0.3, -0.25) is 0 Å². The fraction of sp³-hybridized carbons (Fsp3) is 0.333. The number of benzene rings is 1. The molecular weight excluding hydrogens is 236 g/mol. The first-order chi connectivity index (χ1) is 9.34. The summed E-state index contributed by atoms with van der Waals surface area (Å²) in [7, 11) is 0.